The molecule has 1 aromatic rings. The number of benzene rings is 1. The summed E-state index contributed by atoms with van der Waals surface area (Å²) in [6.45, 7) is 1.51. The molecule has 0 spiro atoms. The Kier molecular flexibility index (Phi) is 3.60. The second-order valence-corrected chi connectivity index (χ2v) is 3.14. The molecule has 0 saturated carbocycles. The first-order chi connectivity index (χ1) is 7.45. The van der Waals surface area contributed by atoms with E-state index in [4.69, 9.17) is 10.9 Å². The van der Waals surface area contributed by atoms with Crippen LogP contribution in [-0.2, 0) is 0 Å². The summed E-state index contributed by atoms with van der Waals surface area (Å²) in [5, 5.41) is 13.6. The van der Waals surface area contributed by atoms with Gasteiger partial charge in [-0.2, -0.15) is 0 Å². The molecule has 1 atom stereocenters. The second-order valence-electron chi connectivity index (χ2n) is 3.14. The molecule has 0 aliphatic carbocycles. The number of hydrogen-bond acceptors (Lipinski definition) is 3. The molecule has 0 aliphatic rings. The van der Waals surface area contributed by atoms with Crippen LogP contribution in [0.15, 0.2) is 17.3 Å². The average Bonchev–Trinajstić information content (AvgIpc) is 2.24. The third-order valence-corrected chi connectivity index (χ3v) is 1.93. The molecule has 1 unspecified atom stereocenters. The third kappa shape index (κ3) is 2.56. The Morgan fingerprint density at radius 3 is 2.31 bits per heavy atom. The normalized spacial score (nSPS) is 13.6. The topological polar surface area (TPSA) is 70.6 Å². The lowest BCUT2D eigenvalue weighted by Crippen LogP contribution is -2.33. The van der Waals surface area contributed by atoms with Gasteiger partial charge in [0.25, 0.3) is 0 Å². The summed E-state index contributed by atoms with van der Waals surface area (Å²) in [7, 11) is 0. The van der Waals surface area contributed by atoms with E-state index in [0.717, 1.165) is 12.1 Å². The van der Waals surface area contributed by atoms with Crippen LogP contribution in [0.1, 0.15) is 6.92 Å². The number of oxime groups is 1. The van der Waals surface area contributed by atoms with Gasteiger partial charge in [0, 0.05) is 17.8 Å². The number of halogens is 3. The van der Waals surface area contributed by atoms with Crippen molar-refractivity contribution in [1.82, 2.24) is 0 Å². The van der Waals surface area contributed by atoms with Crippen LogP contribution < -0.4 is 11.1 Å². The quantitative estimate of drug-likeness (QED) is 0.244. The molecular formula is C9H10F3N3O. The summed E-state index contributed by atoms with van der Waals surface area (Å²) in [6, 6.07) is 0.910. The predicted octanol–water partition coefficient (Wildman–Crippen LogP) is 1.65. The third-order valence-electron chi connectivity index (χ3n) is 1.93. The number of nitrogens with zero attached hydrogens (tertiary/aromatic N) is 1. The predicted molar refractivity (Wildman–Crippen MR) is 52.8 cm³/mol. The van der Waals surface area contributed by atoms with E-state index >= 15 is 0 Å². The molecule has 0 aromatic heterocycles. The lowest BCUT2D eigenvalue weighted by Gasteiger charge is -2.13. The van der Waals surface area contributed by atoms with Crippen LogP contribution >= 0.6 is 0 Å². The maximum absolute atomic E-state index is 12.8. The van der Waals surface area contributed by atoms with E-state index in [1.807, 2.05) is 0 Å². The highest BCUT2D eigenvalue weighted by Crippen LogP contribution is 2.17. The minimum atomic E-state index is -1.54. The maximum Gasteiger partial charge on any atom is 0.194 e. The fourth-order valence-electron chi connectivity index (χ4n) is 1.05. The Labute approximate surface area is 89.6 Å². The number of amidine groups is 1. The summed E-state index contributed by atoms with van der Waals surface area (Å²) < 4.78 is 38.2. The van der Waals surface area contributed by atoms with Crippen molar-refractivity contribution in [3.8, 4) is 0 Å². The van der Waals surface area contributed by atoms with E-state index in [1.54, 1.807) is 0 Å². The van der Waals surface area contributed by atoms with Crippen LogP contribution in [0.3, 0.4) is 0 Å². The van der Waals surface area contributed by atoms with Crippen LogP contribution in [0, 0.1) is 17.5 Å². The van der Waals surface area contributed by atoms with Gasteiger partial charge in [-0.15, -0.1) is 0 Å². The van der Waals surface area contributed by atoms with Gasteiger partial charge in [-0.25, -0.2) is 13.2 Å². The fraction of sp³-hybridized carbons (Fsp3) is 0.222. The molecule has 1 aromatic carbocycles. The lowest BCUT2D eigenvalue weighted by molar-refractivity contribution is 0.316. The van der Waals surface area contributed by atoms with Gasteiger partial charge in [0.1, 0.15) is 0 Å². The van der Waals surface area contributed by atoms with Crippen molar-refractivity contribution in [2.75, 3.05) is 5.32 Å². The first-order valence-corrected chi connectivity index (χ1v) is 4.34. The van der Waals surface area contributed by atoms with E-state index in [2.05, 4.69) is 10.5 Å². The van der Waals surface area contributed by atoms with Crippen molar-refractivity contribution >= 4 is 11.5 Å². The molecule has 4 N–H and O–H groups in total. The van der Waals surface area contributed by atoms with Crippen molar-refractivity contribution in [3.05, 3.63) is 29.6 Å². The van der Waals surface area contributed by atoms with Gasteiger partial charge in [-0.05, 0) is 6.92 Å². The molecule has 16 heavy (non-hydrogen) atoms. The molecule has 0 aliphatic heterocycles. The van der Waals surface area contributed by atoms with Gasteiger partial charge in [-0.3, -0.25) is 0 Å². The Hall–Kier alpha value is -1.92. The summed E-state index contributed by atoms with van der Waals surface area (Å²) in [4.78, 5) is 0. The summed E-state index contributed by atoms with van der Waals surface area (Å²) >= 11 is 0. The van der Waals surface area contributed by atoms with Gasteiger partial charge in [0.2, 0.25) is 0 Å². The first kappa shape index (κ1) is 12.2. The van der Waals surface area contributed by atoms with Crippen molar-refractivity contribution < 1.29 is 18.4 Å². The Morgan fingerprint density at radius 2 is 1.88 bits per heavy atom. The monoisotopic (exact) mass is 233 g/mol. The second kappa shape index (κ2) is 4.73. The van der Waals surface area contributed by atoms with E-state index in [0.29, 0.717) is 0 Å². The molecular weight excluding hydrogens is 223 g/mol. The standard InChI is InChI=1S/C9H10F3N3O/c1-4(9(13)15-16)14-5-2-6(10)8(12)7(11)3-5/h2-4,14,16H,1H3,(H2,13,15). The zero-order valence-electron chi connectivity index (χ0n) is 8.34. The largest absolute Gasteiger partial charge is 0.409 e. The zero-order chi connectivity index (χ0) is 12.3. The highest BCUT2D eigenvalue weighted by Gasteiger charge is 2.13. The molecule has 0 saturated heterocycles. The van der Waals surface area contributed by atoms with Crippen LogP contribution in [0.25, 0.3) is 0 Å². The Balaban J connectivity index is 2.91. The van der Waals surface area contributed by atoms with Crippen LogP contribution in [-0.4, -0.2) is 17.1 Å². The molecule has 0 bridgehead atoms. The number of nitrogens with one attached hydrogen (secondary N) is 1. The fourth-order valence-corrected chi connectivity index (χ4v) is 1.05. The molecule has 88 valence electrons. The Bertz CT molecular complexity index is 399. The van der Waals surface area contributed by atoms with Gasteiger partial charge in [0.15, 0.2) is 23.3 Å². The van der Waals surface area contributed by atoms with Crippen molar-refractivity contribution in [2.45, 2.75) is 13.0 Å². The smallest absolute Gasteiger partial charge is 0.194 e. The zero-order valence-corrected chi connectivity index (χ0v) is 8.34. The van der Waals surface area contributed by atoms with Crippen LogP contribution in [0.5, 0.6) is 0 Å². The molecule has 4 nitrogen and oxygen atoms in total. The summed E-state index contributed by atoms with van der Waals surface area (Å²) in [6.07, 6.45) is 0. The van der Waals surface area contributed by atoms with Crippen LogP contribution in [0.2, 0.25) is 0 Å². The molecule has 0 radical (unpaired) electrons. The molecule has 1 rings (SSSR count). The lowest BCUT2D eigenvalue weighted by atomic mass is 10.2. The minimum Gasteiger partial charge on any atom is -0.409 e. The highest BCUT2D eigenvalue weighted by atomic mass is 19.2. The van der Waals surface area contributed by atoms with E-state index in [1.165, 1.54) is 6.92 Å². The average molecular weight is 233 g/mol. The Morgan fingerprint density at radius 1 is 1.38 bits per heavy atom. The first-order valence-electron chi connectivity index (χ1n) is 4.34. The van der Waals surface area contributed by atoms with Gasteiger partial charge in [0.05, 0.1) is 6.04 Å². The highest BCUT2D eigenvalue weighted by molar-refractivity contribution is 5.87. The van der Waals surface area contributed by atoms with E-state index < -0.39 is 23.5 Å². The molecule has 0 fully saturated rings. The van der Waals surface area contributed by atoms with Gasteiger partial charge < -0.3 is 16.3 Å². The molecule has 0 amide bonds. The van der Waals surface area contributed by atoms with Crippen molar-refractivity contribution in [2.24, 2.45) is 10.9 Å². The SMILES string of the molecule is CC(Nc1cc(F)c(F)c(F)c1)C(N)=NO. The van der Waals surface area contributed by atoms with Gasteiger partial charge >= 0.3 is 0 Å². The number of hydrogen-bond donors (Lipinski definition) is 3. The number of anilines is 1. The van der Waals surface area contributed by atoms with E-state index in [-0.39, 0.29) is 11.5 Å². The minimum absolute atomic E-state index is 0.00417. The molecule has 0 heterocycles. The van der Waals surface area contributed by atoms with Gasteiger partial charge in [-0.1, -0.05) is 5.16 Å². The molecule has 7 heteroatoms. The number of rotatable bonds is 3. The van der Waals surface area contributed by atoms with Crippen LogP contribution in [0.4, 0.5) is 18.9 Å². The number of nitrogens with two attached hydrogens (primary N) is 1. The maximum atomic E-state index is 12.8. The summed E-state index contributed by atoms with van der Waals surface area (Å²) in [5.41, 5.74) is 5.24. The van der Waals surface area contributed by atoms with Crippen molar-refractivity contribution in [1.29, 1.82) is 0 Å². The van der Waals surface area contributed by atoms with E-state index in [9.17, 15) is 13.2 Å². The van der Waals surface area contributed by atoms with Crippen molar-refractivity contribution in [3.63, 3.8) is 0 Å². The summed E-state index contributed by atoms with van der Waals surface area (Å²) in [5.74, 6) is -4.32.